The summed E-state index contributed by atoms with van der Waals surface area (Å²) in [5, 5.41) is 17.8. The Labute approximate surface area is 117 Å². The van der Waals surface area contributed by atoms with Crippen molar-refractivity contribution < 1.29 is 9.63 Å². The van der Waals surface area contributed by atoms with Crippen molar-refractivity contribution in [2.75, 3.05) is 13.1 Å². The minimum Gasteiger partial charge on any atom is -0.380 e. The highest BCUT2D eigenvalue weighted by atomic mass is 16.5. The summed E-state index contributed by atoms with van der Waals surface area (Å²) in [7, 11) is 0. The molecule has 1 saturated heterocycles. The standard InChI is InChI=1S/C14H18N4O2/c1-9-7-11(8-10(2)16-9)12-17-13(20-18-12)14(19)3-5-15-6-4-14/h7-8,15,19H,3-6H2,1-2H3. The van der Waals surface area contributed by atoms with Gasteiger partial charge in [-0.1, -0.05) is 5.16 Å². The first-order valence-electron chi connectivity index (χ1n) is 6.80. The van der Waals surface area contributed by atoms with Crippen LogP contribution in [0.2, 0.25) is 0 Å². The van der Waals surface area contributed by atoms with Gasteiger partial charge in [0.15, 0.2) is 0 Å². The van der Waals surface area contributed by atoms with E-state index in [2.05, 4.69) is 20.4 Å². The van der Waals surface area contributed by atoms with E-state index >= 15 is 0 Å². The van der Waals surface area contributed by atoms with Gasteiger partial charge in [0.25, 0.3) is 5.89 Å². The zero-order valence-corrected chi connectivity index (χ0v) is 11.7. The van der Waals surface area contributed by atoms with Gasteiger partial charge in [0.1, 0.15) is 5.60 Å². The molecule has 0 bridgehead atoms. The predicted molar refractivity (Wildman–Crippen MR) is 73.0 cm³/mol. The predicted octanol–water partition coefficient (Wildman–Crippen LogP) is 1.32. The lowest BCUT2D eigenvalue weighted by Crippen LogP contribution is -2.39. The highest BCUT2D eigenvalue weighted by Gasteiger charge is 2.37. The number of nitrogens with zero attached hydrogens (tertiary/aromatic N) is 3. The van der Waals surface area contributed by atoms with E-state index < -0.39 is 5.60 Å². The van der Waals surface area contributed by atoms with Crippen LogP contribution in [0.15, 0.2) is 16.7 Å². The Bertz CT molecular complexity index is 597. The summed E-state index contributed by atoms with van der Waals surface area (Å²) in [5.41, 5.74) is 1.68. The average molecular weight is 274 g/mol. The van der Waals surface area contributed by atoms with Crippen molar-refractivity contribution in [3.63, 3.8) is 0 Å². The van der Waals surface area contributed by atoms with Gasteiger partial charge in [-0.05, 0) is 51.9 Å². The Hall–Kier alpha value is -1.79. The van der Waals surface area contributed by atoms with Crippen LogP contribution in [0.5, 0.6) is 0 Å². The number of aromatic nitrogens is 3. The number of hydrogen-bond donors (Lipinski definition) is 2. The summed E-state index contributed by atoms with van der Waals surface area (Å²) < 4.78 is 5.28. The Balaban J connectivity index is 1.93. The molecule has 0 radical (unpaired) electrons. The Kier molecular flexibility index (Phi) is 3.27. The lowest BCUT2D eigenvalue weighted by atomic mass is 9.92. The molecular formula is C14H18N4O2. The van der Waals surface area contributed by atoms with Gasteiger partial charge in [-0.25, -0.2) is 0 Å². The molecule has 2 N–H and O–H groups in total. The van der Waals surface area contributed by atoms with Crippen molar-refractivity contribution >= 4 is 0 Å². The molecule has 0 amide bonds. The number of aliphatic hydroxyl groups is 1. The smallest absolute Gasteiger partial charge is 0.259 e. The lowest BCUT2D eigenvalue weighted by molar-refractivity contribution is -0.0228. The minimum absolute atomic E-state index is 0.307. The van der Waals surface area contributed by atoms with E-state index in [0.29, 0.717) is 24.6 Å². The fourth-order valence-electron chi connectivity index (χ4n) is 2.55. The molecule has 0 unspecified atom stereocenters. The molecule has 0 atom stereocenters. The van der Waals surface area contributed by atoms with Crippen LogP contribution in [0.25, 0.3) is 11.4 Å². The molecular weight excluding hydrogens is 256 g/mol. The quantitative estimate of drug-likeness (QED) is 0.859. The van der Waals surface area contributed by atoms with Crippen LogP contribution < -0.4 is 5.32 Å². The molecule has 1 aliphatic rings. The van der Waals surface area contributed by atoms with E-state index in [4.69, 9.17) is 4.52 Å². The molecule has 6 nitrogen and oxygen atoms in total. The highest BCUT2D eigenvalue weighted by molar-refractivity contribution is 5.55. The van der Waals surface area contributed by atoms with E-state index in [0.717, 1.165) is 30.0 Å². The summed E-state index contributed by atoms with van der Waals surface area (Å²) in [6.07, 6.45) is 1.17. The number of rotatable bonds is 2. The van der Waals surface area contributed by atoms with Crippen LogP contribution in [0.4, 0.5) is 0 Å². The second-order valence-electron chi connectivity index (χ2n) is 5.34. The molecule has 20 heavy (non-hydrogen) atoms. The Morgan fingerprint density at radius 3 is 2.45 bits per heavy atom. The third-order valence-electron chi connectivity index (χ3n) is 3.59. The first-order chi connectivity index (χ1) is 9.57. The summed E-state index contributed by atoms with van der Waals surface area (Å²) in [6, 6.07) is 3.82. The largest absolute Gasteiger partial charge is 0.380 e. The highest BCUT2D eigenvalue weighted by Crippen LogP contribution is 2.30. The molecule has 0 aliphatic carbocycles. The maximum absolute atomic E-state index is 10.6. The van der Waals surface area contributed by atoms with Crippen LogP contribution >= 0.6 is 0 Å². The van der Waals surface area contributed by atoms with E-state index in [1.165, 1.54) is 0 Å². The van der Waals surface area contributed by atoms with Crippen molar-refractivity contribution in [2.45, 2.75) is 32.3 Å². The van der Waals surface area contributed by atoms with Crippen molar-refractivity contribution in [3.05, 3.63) is 29.4 Å². The van der Waals surface area contributed by atoms with E-state index in [1.54, 1.807) is 0 Å². The molecule has 1 fully saturated rings. The molecule has 0 aromatic carbocycles. The second-order valence-corrected chi connectivity index (χ2v) is 5.34. The minimum atomic E-state index is -1.01. The van der Waals surface area contributed by atoms with E-state index in [-0.39, 0.29) is 0 Å². The zero-order valence-electron chi connectivity index (χ0n) is 11.7. The third kappa shape index (κ3) is 2.44. The molecule has 3 heterocycles. The monoisotopic (exact) mass is 274 g/mol. The SMILES string of the molecule is Cc1cc(-c2noc(C3(O)CCNCC3)n2)cc(C)n1. The number of nitrogens with one attached hydrogen (secondary N) is 1. The summed E-state index contributed by atoms with van der Waals surface area (Å²) in [5.74, 6) is 0.807. The van der Waals surface area contributed by atoms with Crippen LogP contribution in [0.3, 0.4) is 0 Å². The molecule has 2 aromatic rings. The zero-order chi connectivity index (χ0) is 14.2. The van der Waals surface area contributed by atoms with Gasteiger partial charge in [-0.2, -0.15) is 4.98 Å². The Morgan fingerprint density at radius 2 is 1.80 bits per heavy atom. The van der Waals surface area contributed by atoms with E-state index in [1.807, 2.05) is 26.0 Å². The van der Waals surface area contributed by atoms with Crippen molar-refractivity contribution in [1.29, 1.82) is 0 Å². The fourth-order valence-corrected chi connectivity index (χ4v) is 2.55. The van der Waals surface area contributed by atoms with Gasteiger partial charge in [-0.15, -0.1) is 0 Å². The van der Waals surface area contributed by atoms with Crippen molar-refractivity contribution in [1.82, 2.24) is 20.4 Å². The molecule has 0 spiro atoms. The van der Waals surface area contributed by atoms with Crippen LogP contribution in [-0.2, 0) is 5.60 Å². The fraction of sp³-hybridized carbons (Fsp3) is 0.500. The number of pyridine rings is 1. The first kappa shape index (κ1) is 13.2. The first-order valence-corrected chi connectivity index (χ1v) is 6.80. The summed E-state index contributed by atoms with van der Waals surface area (Å²) >= 11 is 0. The van der Waals surface area contributed by atoms with Crippen LogP contribution in [0, 0.1) is 13.8 Å². The average Bonchev–Trinajstić information content (AvgIpc) is 2.89. The lowest BCUT2D eigenvalue weighted by Gasteiger charge is -2.28. The van der Waals surface area contributed by atoms with Crippen molar-refractivity contribution in [3.8, 4) is 11.4 Å². The van der Waals surface area contributed by atoms with Gasteiger partial charge in [0.05, 0.1) is 0 Å². The topological polar surface area (TPSA) is 84.1 Å². The maximum Gasteiger partial charge on any atom is 0.259 e. The summed E-state index contributed by atoms with van der Waals surface area (Å²) in [6.45, 7) is 5.36. The summed E-state index contributed by atoms with van der Waals surface area (Å²) in [4.78, 5) is 8.70. The third-order valence-corrected chi connectivity index (χ3v) is 3.59. The van der Waals surface area contributed by atoms with Gasteiger partial charge < -0.3 is 14.9 Å². The normalized spacial score (nSPS) is 18.1. The number of aryl methyl sites for hydroxylation is 2. The number of piperidine rings is 1. The Morgan fingerprint density at radius 1 is 1.15 bits per heavy atom. The second kappa shape index (κ2) is 4.96. The van der Waals surface area contributed by atoms with Gasteiger partial charge >= 0.3 is 0 Å². The molecule has 3 rings (SSSR count). The molecule has 6 heteroatoms. The molecule has 106 valence electrons. The van der Waals surface area contributed by atoms with Crippen LogP contribution in [0.1, 0.15) is 30.1 Å². The van der Waals surface area contributed by atoms with Gasteiger partial charge in [0.2, 0.25) is 5.82 Å². The van der Waals surface area contributed by atoms with Crippen LogP contribution in [-0.4, -0.2) is 33.3 Å². The number of hydrogen-bond acceptors (Lipinski definition) is 6. The van der Waals surface area contributed by atoms with Gasteiger partial charge in [0, 0.05) is 17.0 Å². The molecule has 2 aromatic heterocycles. The molecule has 1 aliphatic heterocycles. The molecule has 0 saturated carbocycles. The maximum atomic E-state index is 10.6. The van der Waals surface area contributed by atoms with E-state index in [9.17, 15) is 5.11 Å². The van der Waals surface area contributed by atoms with Gasteiger partial charge in [-0.3, -0.25) is 4.98 Å². The van der Waals surface area contributed by atoms with Crippen molar-refractivity contribution in [2.24, 2.45) is 0 Å².